The smallest absolute Gasteiger partial charge is 0.291 e. The number of anilines is 1. The van der Waals surface area contributed by atoms with Gasteiger partial charge in [-0.05, 0) is 36.8 Å². The van der Waals surface area contributed by atoms with Gasteiger partial charge >= 0.3 is 0 Å². The first-order valence-corrected chi connectivity index (χ1v) is 9.08. The third kappa shape index (κ3) is 4.18. The van der Waals surface area contributed by atoms with E-state index in [1.165, 1.54) is 6.26 Å². The molecule has 0 aliphatic rings. The van der Waals surface area contributed by atoms with E-state index in [0.717, 1.165) is 17.1 Å². The largest absolute Gasteiger partial charge is 0.459 e. The summed E-state index contributed by atoms with van der Waals surface area (Å²) in [7, 11) is 1.74. The molecule has 0 saturated heterocycles. The lowest BCUT2D eigenvalue weighted by Gasteiger charge is -2.16. The van der Waals surface area contributed by atoms with E-state index in [9.17, 15) is 9.59 Å². The summed E-state index contributed by atoms with van der Waals surface area (Å²) in [5.74, 6) is -0.276. The van der Waals surface area contributed by atoms with Crippen LogP contribution in [0, 0.1) is 0 Å². The van der Waals surface area contributed by atoms with Crippen LogP contribution in [0.25, 0.3) is 0 Å². The number of nitrogens with one attached hydrogen (secondary N) is 1. The summed E-state index contributed by atoms with van der Waals surface area (Å²) in [6.07, 6.45) is 2.33. The van der Waals surface area contributed by atoms with Crippen molar-refractivity contribution in [1.82, 2.24) is 9.88 Å². The van der Waals surface area contributed by atoms with E-state index >= 15 is 0 Å². The van der Waals surface area contributed by atoms with E-state index in [1.54, 1.807) is 59.7 Å². The topological polar surface area (TPSA) is 75.4 Å². The number of carbonyl (C=O) groups excluding carboxylic acids is 2. The maximum absolute atomic E-state index is 12.7. The van der Waals surface area contributed by atoms with Gasteiger partial charge in [0.1, 0.15) is 0 Å². The normalized spacial score (nSPS) is 10.5. The van der Waals surface area contributed by atoms with Crippen molar-refractivity contribution in [3.05, 3.63) is 70.1 Å². The van der Waals surface area contributed by atoms with Gasteiger partial charge in [0.05, 0.1) is 23.5 Å². The first-order chi connectivity index (χ1) is 12.6. The second kappa shape index (κ2) is 7.97. The zero-order valence-electron chi connectivity index (χ0n) is 14.6. The van der Waals surface area contributed by atoms with Crippen LogP contribution in [-0.2, 0) is 13.0 Å². The van der Waals surface area contributed by atoms with Gasteiger partial charge in [-0.1, -0.05) is 13.0 Å². The highest BCUT2D eigenvalue weighted by Crippen LogP contribution is 2.16. The Morgan fingerprint density at radius 2 is 2.12 bits per heavy atom. The van der Waals surface area contributed by atoms with Crippen LogP contribution in [0.5, 0.6) is 0 Å². The molecule has 134 valence electrons. The molecule has 0 aliphatic heterocycles. The molecule has 0 atom stereocenters. The zero-order valence-corrected chi connectivity index (χ0v) is 15.4. The van der Waals surface area contributed by atoms with Gasteiger partial charge in [-0.15, -0.1) is 11.3 Å². The molecule has 0 aliphatic carbocycles. The average Bonchev–Trinajstić information content (AvgIpc) is 3.33. The van der Waals surface area contributed by atoms with Crippen LogP contribution in [0.15, 0.2) is 52.5 Å². The average molecular weight is 369 g/mol. The molecule has 1 N–H and O–H groups in total. The van der Waals surface area contributed by atoms with Crippen LogP contribution >= 0.6 is 11.3 Å². The maximum atomic E-state index is 12.7. The fourth-order valence-electron chi connectivity index (χ4n) is 2.45. The van der Waals surface area contributed by atoms with Crippen LogP contribution in [0.2, 0.25) is 0 Å². The van der Waals surface area contributed by atoms with Crippen LogP contribution in [0.4, 0.5) is 5.69 Å². The van der Waals surface area contributed by atoms with E-state index in [-0.39, 0.29) is 17.6 Å². The molecule has 2 amide bonds. The molecule has 2 heterocycles. The minimum Gasteiger partial charge on any atom is -0.459 e. The number of amides is 2. The van der Waals surface area contributed by atoms with Crippen molar-refractivity contribution in [2.45, 2.75) is 19.9 Å². The summed E-state index contributed by atoms with van der Waals surface area (Å²) in [4.78, 5) is 30.8. The minimum absolute atomic E-state index is 0.134. The SMILES string of the molecule is CCc1nc(CN(C)C(=O)c2cccc(NC(=O)c3ccco3)c2)cs1. The number of carbonyl (C=O) groups is 2. The molecule has 6 nitrogen and oxygen atoms in total. The molecule has 1 aromatic carbocycles. The van der Waals surface area contributed by atoms with E-state index in [1.807, 2.05) is 5.38 Å². The third-order valence-electron chi connectivity index (χ3n) is 3.76. The van der Waals surface area contributed by atoms with Gasteiger partial charge in [-0.3, -0.25) is 9.59 Å². The van der Waals surface area contributed by atoms with Crippen molar-refractivity contribution in [3.8, 4) is 0 Å². The lowest BCUT2D eigenvalue weighted by Crippen LogP contribution is -2.26. The summed E-state index contributed by atoms with van der Waals surface area (Å²) in [6.45, 7) is 2.50. The third-order valence-corrected chi connectivity index (χ3v) is 4.80. The van der Waals surface area contributed by atoms with Crippen LogP contribution in [0.3, 0.4) is 0 Å². The number of hydrogen-bond acceptors (Lipinski definition) is 5. The molecule has 0 fully saturated rings. The van der Waals surface area contributed by atoms with Crippen molar-refractivity contribution >= 4 is 28.8 Å². The second-order valence-corrected chi connectivity index (χ2v) is 6.70. The number of hydrogen-bond donors (Lipinski definition) is 1. The molecule has 3 rings (SSSR count). The lowest BCUT2D eigenvalue weighted by atomic mass is 10.1. The Kier molecular flexibility index (Phi) is 5.48. The van der Waals surface area contributed by atoms with E-state index in [2.05, 4.69) is 17.2 Å². The van der Waals surface area contributed by atoms with Gasteiger partial charge < -0.3 is 14.6 Å². The molecule has 0 unspecified atom stereocenters. The van der Waals surface area contributed by atoms with E-state index < -0.39 is 0 Å². The predicted molar refractivity (Wildman–Crippen MR) is 100 cm³/mol. The van der Waals surface area contributed by atoms with E-state index in [0.29, 0.717) is 17.8 Å². The number of furan rings is 1. The zero-order chi connectivity index (χ0) is 18.5. The predicted octanol–water partition coefficient (Wildman–Crippen LogP) is 3.82. The summed E-state index contributed by atoms with van der Waals surface area (Å²) < 4.78 is 5.07. The fourth-order valence-corrected chi connectivity index (χ4v) is 3.19. The Morgan fingerprint density at radius 1 is 1.27 bits per heavy atom. The highest BCUT2D eigenvalue weighted by atomic mass is 32.1. The maximum Gasteiger partial charge on any atom is 0.291 e. The van der Waals surface area contributed by atoms with Crippen LogP contribution in [0.1, 0.15) is 38.5 Å². The second-order valence-electron chi connectivity index (χ2n) is 5.76. The molecular weight excluding hydrogens is 350 g/mol. The molecule has 0 bridgehead atoms. The number of rotatable bonds is 6. The van der Waals surface area contributed by atoms with E-state index in [4.69, 9.17) is 4.42 Å². The van der Waals surface area contributed by atoms with Gasteiger partial charge in [0.25, 0.3) is 11.8 Å². The molecule has 3 aromatic rings. The van der Waals surface area contributed by atoms with Crippen molar-refractivity contribution < 1.29 is 14.0 Å². The van der Waals surface area contributed by atoms with Crippen molar-refractivity contribution in [1.29, 1.82) is 0 Å². The summed E-state index contributed by atoms with van der Waals surface area (Å²) in [5, 5.41) is 5.76. The molecule has 0 saturated carbocycles. The number of thiazole rings is 1. The highest BCUT2D eigenvalue weighted by molar-refractivity contribution is 7.09. The number of benzene rings is 1. The van der Waals surface area contributed by atoms with Gasteiger partial charge in [0.15, 0.2) is 5.76 Å². The standard InChI is InChI=1S/C19H19N3O3S/c1-3-17-20-15(12-26-17)11-22(2)19(24)13-6-4-7-14(10-13)21-18(23)16-8-5-9-25-16/h4-10,12H,3,11H2,1-2H3,(H,21,23). The van der Waals surface area contributed by atoms with Crippen LogP contribution < -0.4 is 5.32 Å². The highest BCUT2D eigenvalue weighted by Gasteiger charge is 2.15. The van der Waals surface area contributed by atoms with Gasteiger partial charge in [-0.25, -0.2) is 4.98 Å². The molecule has 7 heteroatoms. The Morgan fingerprint density at radius 3 is 2.81 bits per heavy atom. The van der Waals surface area contributed by atoms with Gasteiger partial charge in [-0.2, -0.15) is 0 Å². The Balaban J connectivity index is 1.68. The summed E-state index contributed by atoms with van der Waals surface area (Å²) >= 11 is 1.60. The molecule has 0 spiro atoms. The first-order valence-electron chi connectivity index (χ1n) is 8.20. The Bertz CT molecular complexity index is 902. The Labute approximate surface area is 155 Å². The summed E-state index contributed by atoms with van der Waals surface area (Å²) in [6, 6.07) is 10.1. The molecule has 2 aromatic heterocycles. The number of aromatic nitrogens is 1. The van der Waals surface area contributed by atoms with Crippen molar-refractivity contribution in [3.63, 3.8) is 0 Å². The number of nitrogens with zero attached hydrogens (tertiary/aromatic N) is 2. The molecule has 26 heavy (non-hydrogen) atoms. The summed E-state index contributed by atoms with van der Waals surface area (Å²) in [5.41, 5.74) is 1.91. The van der Waals surface area contributed by atoms with Gasteiger partial charge in [0, 0.05) is 23.7 Å². The fraction of sp³-hybridized carbons (Fsp3) is 0.211. The number of aryl methyl sites for hydroxylation is 1. The molecule has 0 radical (unpaired) electrons. The quantitative estimate of drug-likeness (QED) is 0.717. The Hall–Kier alpha value is -2.93. The van der Waals surface area contributed by atoms with Gasteiger partial charge in [0.2, 0.25) is 0 Å². The van der Waals surface area contributed by atoms with Crippen LogP contribution in [-0.4, -0.2) is 28.7 Å². The first kappa shape index (κ1) is 17.9. The molecular formula is C19H19N3O3S. The van der Waals surface area contributed by atoms with Crippen molar-refractivity contribution in [2.75, 3.05) is 12.4 Å². The monoisotopic (exact) mass is 369 g/mol. The lowest BCUT2D eigenvalue weighted by molar-refractivity contribution is 0.0783. The van der Waals surface area contributed by atoms with Crippen molar-refractivity contribution in [2.24, 2.45) is 0 Å². The minimum atomic E-state index is -0.359.